The first-order valence-electron chi connectivity index (χ1n) is 10.7. The van der Waals surface area contributed by atoms with Crippen molar-refractivity contribution >= 4 is 23.3 Å². The number of para-hydroxylation sites is 1. The molecule has 1 heterocycles. The number of carbonyl (C=O) groups is 1. The summed E-state index contributed by atoms with van der Waals surface area (Å²) in [7, 11) is 1.54. The number of anilines is 1. The van der Waals surface area contributed by atoms with Crippen molar-refractivity contribution < 1.29 is 9.53 Å². The van der Waals surface area contributed by atoms with Crippen molar-refractivity contribution in [1.29, 1.82) is 0 Å². The molecule has 7 heteroatoms. The third kappa shape index (κ3) is 4.32. The summed E-state index contributed by atoms with van der Waals surface area (Å²) < 4.78 is 7.12. The minimum Gasteiger partial charge on any atom is -0.496 e. The van der Waals surface area contributed by atoms with Crippen molar-refractivity contribution in [3.05, 3.63) is 104 Å². The van der Waals surface area contributed by atoms with Crippen LogP contribution in [0.15, 0.2) is 71.5 Å². The summed E-state index contributed by atoms with van der Waals surface area (Å²) >= 11 is 6.28. The van der Waals surface area contributed by atoms with Crippen LogP contribution < -0.4 is 15.5 Å². The Hall–Kier alpha value is -3.90. The first-order chi connectivity index (χ1) is 16.3. The Morgan fingerprint density at radius 3 is 2.38 bits per heavy atom. The van der Waals surface area contributed by atoms with Gasteiger partial charge in [-0.05, 0) is 62.2 Å². The highest BCUT2D eigenvalue weighted by atomic mass is 35.5. The van der Waals surface area contributed by atoms with Crippen molar-refractivity contribution in [2.75, 3.05) is 12.4 Å². The zero-order chi connectivity index (χ0) is 24.4. The summed E-state index contributed by atoms with van der Waals surface area (Å²) in [5, 5.41) is 7.75. The molecule has 0 saturated heterocycles. The van der Waals surface area contributed by atoms with E-state index < -0.39 is 5.91 Å². The van der Waals surface area contributed by atoms with Crippen LogP contribution in [0.4, 0.5) is 5.82 Å². The number of nitrogens with zero attached hydrogens (tertiary/aromatic N) is 2. The lowest BCUT2D eigenvalue weighted by molar-refractivity contribution is 0.102. The zero-order valence-electron chi connectivity index (χ0n) is 19.3. The molecule has 0 radical (unpaired) electrons. The van der Waals surface area contributed by atoms with E-state index in [-0.39, 0.29) is 28.1 Å². The largest absolute Gasteiger partial charge is 0.496 e. The van der Waals surface area contributed by atoms with E-state index in [1.165, 1.54) is 7.11 Å². The third-order valence-corrected chi connectivity index (χ3v) is 6.05. The van der Waals surface area contributed by atoms with Crippen LogP contribution in [0.25, 0.3) is 16.8 Å². The van der Waals surface area contributed by atoms with Crippen molar-refractivity contribution in [2.24, 2.45) is 0 Å². The quantitative estimate of drug-likeness (QED) is 0.401. The van der Waals surface area contributed by atoms with E-state index in [0.29, 0.717) is 22.0 Å². The molecule has 4 aromatic rings. The van der Waals surface area contributed by atoms with Gasteiger partial charge < -0.3 is 10.1 Å². The molecule has 3 aromatic carbocycles. The second-order valence-corrected chi connectivity index (χ2v) is 8.36. The molecule has 34 heavy (non-hydrogen) atoms. The Balaban J connectivity index is 2.03. The van der Waals surface area contributed by atoms with Gasteiger partial charge in [-0.15, -0.1) is 0 Å². The monoisotopic (exact) mass is 473 g/mol. The van der Waals surface area contributed by atoms with Gasteiger partial charge >= 0.3 is 0 Å². The lowest BCUT2D eigenvalue weighted by atomic mass is 10.0. The molecule has 0 fully saturated rings. The van der Waals surface area contributed by atoms with Crippen LogP contribution in [-0.2, 0) is 0 Å². The minimum atomic E-state index is -0.454. The molecule has 0 aliphatic rings. The Morgan fingerprint density at radius 2 is 1.68 bits per heavy atom. The highest BCUT2D eigenvalue weighted by molar-refractivity contribution is 6.34. The van der Waals surface area contributed by atoms with Gasteiger partial charge in [0.25, 0.3) is 5.91 Å². The van der Waals surface area contributed by atoms with Crippen LogP contribution in [0.5, 0.6) is 5.75 Å². The van der Waals surface area contributed by atoms with Gasteiger partial charge in [-0.25, -0.2) is 4.68 Å². The van der Waals surface area contributed by atoms with Gasteiger partial charge in [0.05, 0.1) is 28.9 Å². The van der Waals surface area contributed by atoms with E-state index in [9.17, 15) is 9.59 Å². The molecule has 172 valence electrons. The maximum Gasteiger partial charge on any atom is 0.258 e. The average Bonchev–Trinajstić information content (AvgIpc) is 2.83. The van der Waals surface area contributed by atoms with Crippen molar-refractivity contribution in [2.45, 2.75) is 20.8 Å². The van der Waals surface area contributed by atoms with Gasteiger partial charge in [0, 0.05) is 5.56 Å². The Bertz CT molecular complexity index is 1460. The van der Waals surface area contributed by atoms with Gasteiger partial charge in [-0.2, -0.15) is 5.10 Å². The molecule has 0 aliphatic carbocycles. The van der Waals surface area contributed by atoms with Crippen LogP contribution in [0, 0.1) is 20.8 Å². The summed E-state index contributed by atoms with van der Waals surface area (Å²) in [6.07, 6.45) is 0. The summed E-state index contributed by atoms with van der Waals surface area (Å²) in [6.45, 7) is 5.67. The number of methoxy groups -OCH3 is 1. The lowest BCUT2D eigenvalue weighted by Crippen LogP contribution is -2.25. The number of hydrogen-bond donors (Lipinski definition) is 1. The number of amides is 1. The normalized spacial score (nSPS) is 10.7. The molecule has 1 amide bonds. The van der Waals surface area contributed by atoms with Crippen LogP contribution in [0.1, 0.15) is 27.2 Å². The van der Waals surface area contributed by atoms with Crippen LogP contribution >= 0.6 is 11.6 Å². The molecule has 4 rings (SSSR count). The smallest absolute Gasteiger partial charge is 0.258 e. The Labute approximate surface area is 202 Å². The van der Waals surface area contributed by atoms with Gasteiger partial charge in [-0.1, -0.05) is 48.0 Å². The Kier molecular flexibility index (Phi) is 6.52. The fraction of sp³-hybridized carbons (Fsp3) is 0.148. The van der Waals surface area contributed by atoms with Crippen LogP contribution in [0.3, 0.4) is 0 Å². The van der Waals surface area contributed by atoms with E-state index in [4.69, 9.17) is 16.3 Å². The van der Waals surface area contributed by atoms with Crippen molar-refractivity contribution in [1.82, 2.24) is 9.78 Å². The predicted octanol–water partition coefficient (Wildman–Crippen LogP) is 5.74. The zero-order valence-corrected chi connectivity index (χ0v) is 20.1. The number of rotatable bonds is 5. The van der Waals surface area contributed by atoms with E-state index in [1.807, 2.05) is 44.2 Å². The highest BCUT2D eigenvalue weighted by Gasteiger charge is 2.23. The predicted molar refractivity (Wildman–Crippen MR) is 135 cm³/mol. The molecule has 0 spiro atoms. The number of aryl methyl sites for hydroxylation is 3. The highest BCUT2D eigenvalue weighted by Crippen LogP contribution is 2.34. The number of ether oxygens (including phenoxy) is 1. The van der Waals surface area contributed by atoms with Crippen molar-refractivity contribution in [3.8, 4) is 22.6 Å². The van der Waals surface area contributed by atoms with E-state index in [0.717, 1.165) is 11.1 Å². The maximum atomic E-state index is 13.4. The van der Waals surface area contributed by atoms with Crippen molar-refractivity contribution in [3.63, 3.8) is 0 Å². The second kappa shape index (κ2) is 9.53. The minimum absolute atomic E-state index is 0.230. The average molecular weight is 474 g/mol. The molecule has 1 N–H and O–H groups in total. The molecule has 0 aliphatic heterocycles. The van der Waals surface area contributed by atoms with Gasteiger partial charge in [0.15, 0.2) is 0 Å². The standard InChI is InChI=1S/C27H24ClN3O3/c1-16-13-14-19(15-17(16)2)31-26(29-27(33)20-9-5-7-11-22(20)28)24(25(32)18(3)30-31)21-10-6-8-12-23(21)34-4/h5-15H,1-4H3,(H,29,33). The SMILES string of the molecule is COc1ccccc1-c1c(NC(=O)c2ccccc2Cl)n(-c2ccc(C)c(C)c2)nc(C)c1=O. The maximum absolute atomic E-state index is 13.4. The molecule has 0 saturated carbocycles. The Morgan fingerprint density at radius 1 is 0.971 bits per heavy atom. The fourth-order valence-corrected chi connectivity index (χ4v) is 3.94. The van der Waals surface area contributed by atoms with Gasteiger partial charge in [0.1, 0.15) is 17.3 Å². The topological polar surface area (TPSA) is 73.2 Å². The van der Waals surface area contributed by atoms with Crippen LogP contribution in [-0.4, -0.2) is 22.8 Å². The number of halogens is 1. The first-order valence-corrected chi connectivity index (χ1v) is 11.1. The van der Waals surface area contributed by atoms with E-state index in [1.54, 1.807) is 48.0 Å². The van der Waals surface area contributed by atoms with E-state index in [2.05, 4.69) is 10.4 Å². The lowest BCUT2D eigenvalue weighted by Gasteiger charge is -2.20. The molecular weight excluding hydrogens is 450 g/mol. The second-order valence-electron chi connectivity index (χ2n) is 7.95. The molecule has 0 atom stereocenters. The molecule has 0 bridgehead atoms. The number of aromatic nitrogens is 2. The molecule has 1 aromatic heterocycles. The summed E-state index contributed by atoms with van der Waals surface area (Å²) in [5.41, 5.74) is 3.97. The van der Waals surface area contributed by atoms with E-state index >= 15 is 0 Å². The number of benzene rings is 3. The number of carbonyl (C=O) groups excluding carboxylic acids is 1. The van der Waals surface area contributed by atoms with Gasteiger partial charge in [-0.3, -0.25) is 9.59 Å². The van der Waals surface area contributed by atoms with Crippen LogP contribution in [0.2, 0.25) is 5.02 Å². The molecule has 0 unspecified atom stereocenters. The number of hydrogen-bond acceptors (Lipinski definition) is 4. The number of nitrogens with one attached hydrogen (secondary N) is 1. The fourth-order valence-electron chi connectivity index (χ4n) is 3.72. The molecular formula is C27H24ClN3O3. The third-order valence-electron chi connectivity index (χ3n) is 5.72. The first kappa shape index (κ1) is 23.3. The van der Waals surface area contributed by atoms with Gasteiger partial charge in [0.2, 0.25) is 5.43 Å². The summed E-state index contributed by atoms with van der Waals surface area (Å²) in [6, 6.07) is 19.8. The summed E-state index contributed by atoms with van der Waals surface area (Å²) in [5.74, 6) is 0.280. The summed E-state index contributed by atoms with van der Waals surface area (Å²) in [4.78, 5) is 26.7. The molecule has 6 nitrogen and oxygen atoms in total.